The first-order chi connectivity index (χ1) is 12.2. The summed E-state index contributed by atoms with van der Waals surface area (Å²) in [7, 11) is 1.67. The van der Waals surface area contributed by atoms with Crippen molar-refractivity contribution in [3.05, 3.63) is 64.7 Å². The fourth-order valence-electron chi connectivity index (χ4n) is 3.29. The molecule has 3 rings (SSSR count). The van der Waals surface area contributed by atoms with E-state index in [4.69, 9.17) is 16.3 Å². The number of hydrogen-bond acceptors (Lipinski definition) is 3. The van der Waals surface area contributed by atoms with E-state index in [1.165, 1.54) is 5.56 Å². The molecule has 25 heavy (non-hydrogen) atoms. The second kappa shape index (κ2) is 8.37. The van der Waals surface area contributed by atoms with E-state index in [-0.39, 0.29) is 11.9 Å². The summed E-state index contributed by atoms with van der Waals surface area (Å²) in [5, 5.41) is 3.65. The molecule has 1 aliphatic heterocycles. The maximum Gasteiger partial charge on any atom is 0.234 e. The molecule has 1 saturated heterocycles. The summed E-state index contributed by atoms with van der Waals surface area (Å²) in [6.07, 6.45) is 2.18. The third kappa shape index (κ3) is 4.53. The van der Waals surface area contributed by atoms with Crippen LogP contribution in [0, 0.1) is 0 Å². The van der Waals surface area contributed by atoms with Gasteiger partial charge in [0.25, 0.3) is 0 Å². The smallest absolute Gasteiger partial charge is 0.234 e. The Morgan fingerprint density at radius 1 is 1.24 bits per heavy atom. The lowest BCUT2D eigenvalue weighted by molar-refractivity contribution is -0.122. The van der Waals surface area contributed by atoms with E-state index in [2.05, 4.69) is 22.3 Å². The summed E-state index contributed by atoms with van der Waals surface area (Å²) in [6, 6.07) is 16.0. The van der Waals surface area contributed by atoms with Gasteiger partial charge in [0.15, 0.2) is 0 Å². The lowest BCUT2D eigenvalue weighted by Gasteiger charge is -2.24. The van der Waals surface area contributed by atoms with Crippen LogP contribution in [-0.2, 0) is 11.3 Å². The van der Waals surface area contributed by atoms with Crippen LogP contribution in [0.15, 0.2) is 48.5 Å². The summed E-state index contributed by atoms with van der Waals surface area (Å²) < 4.78 is 5.22. The molecule has 1 atom stereocenters. The summed E-state index contributed by atoms with van der Waals surface area (Å²) in [5.41, 5.74) is 2.17. The van der Waals surface area contributed by atoms with E-state index in [1.54, 1.807) is 7.11 Å². The fraction of sp³-hybridized carbons (Fsp3) is 0.350. The number of nitrogens with one attached hydrogen (secondary N) is 1. The molecule has 0 radical (unpaired) electrons. The maximum absolute atomic E-state index is 12.3. The minimum Gasteiger partial charge on any atom is -0.497 e. The molecule has 4 nitrogen and oxygen atoms in total. The van der Waals surface area contributed by atoms with Crippen molar-refractivity contribution in [2.75, 3.05) is 20.2 Å². The van der Waals surface area contributed by atoms with Crippen molar-refractivity contribution < 1.29 is 9.53 Å². The van der Waals surface area contributed by atoms with Crippen LogP contribution < -0.4 is 10.1 Å². The van der Waals surface area contributed by atoms with Crippen LogP contribution >= 0.6 is 11.6 Å². The lowest BCUT2D eigenvalue weighted by Crippen LogP contribution is -2.36. The Morgan fingerprint density at radius 2 is 2.00 bits per heavy atom. The van der Waals surface area contributed by atoms with Crippen molar-refractivity contribution in [1.82, 2.24) is 10.2 Å². The van der Waals surface area contributed by atoms with Gasteiger partial charge in [0.1, 0.15) is 5.75 Å². The number of carbonyl (C=O) groups excluding carboxylic acids is 1. The molecular weight excluding hydrogens is 336 g/mol. The van der Waals surface area contributed by atoms with Crippen molar-refractivity contribution >= 4 is 17.5 Å². The Morgan fingerprint density at radius 3 is 2.72 bits per heavy atom. The Hall–Kier alpha value is -2.04. The number of methoxy groups -OCH3 is 1. The van der Waals surface area contributed by atoms with Crippen molar-refractivity contribution in [2.24, 2.45) is 0 Å². The van der Waals surface area contributed by atoms with Gasteiger partial charge < -0.3 is 10.1 Å². The zero-order chi connectivity index (χ0) is 17.6. The lowest BCUT2D eigenvalue weighted by atomic mass is 10.0. The number of halogens is 1. The minimum absolute atomic E-state index is 0.0281. The number of likely N-dealkylation sites (tertiary alicyclic amines) is 1. The van der Waals surface area contributed by atoms with Gasteiger partial charge in [-0.1, -0.05) is 41.9 Å². The van der Waals surface area contributed by atoms with Gasteiger partial charge >= 0.3 is 0 Å². The van der Waals surface area contributed by atoms with Crippen LogP contribution in [0.4, 0.5) is 0 Å². The van der Waals surface area contributed by atoms with Gasteiger partial charge in [-0.05, 0) is 48.7 Å². The van der Waals surface area contributed by atoms with Gasteiger partial charge in [-0.2, -0.15) is 0 Å². The second-order valence-corrected chi connectivity index (χ2v) is 6.68. The molecule has 1 unspecified atom stereocenters. The Kier molecular flexibility index (Phi) is 5.95. The molecule has 1 amide bonds. The number of carbonyl (C=O) groups is 1. The van der Waals surface area contributed by atoms with Gasteiger partial charge in [0.2, 0.25) is 5.91 Å². The number of benzene rings is 2. The first kappa shape index (κ1) is 17.8. The van der Waals surface area contributed by atoms with Crippen LogP contribution in [0.3, 0.4) is 0 Å². The molecule has 1 N–H and O–H groups in total. The predicted octanol–water partition coefficient (Wildman–Crippen LogP) is 3.80. The molecule has 0 aliphatic carbocycles. The normalized spacial score (nSPS) is 17.4. The van der Waals surface area contributed by atoms with Crippen LogP contribution in [0.1, 0.15) is 30.0 Å². The first-order valence-electron chi connectivity index (χ1n) is 8.55. The monoisotopic (exact) mass is 358 g/mol. The van der Waals surface area contributed by atoms with Crippen molar-refractivity contribution in [3.63, 3.8) is 0 Å². The van der Waals surface area contributed by atoms with Crippen molar-refractivity contribution in [3.8, 4) is 5.75 Å². The molecule has 1 heterocycles. The van der Waals surface area contributed by atoms with E-state index >= 15 is 0 Å². The van der Waals surface area contributed by atoms with E-state index < -0.39 is 0 Å². The van der Waals surface area contributed by atoms with E-state index in [0.29, 0.717) is 18.1 Å². The van der Waals surface area contributed by atoms with Crippen LogP contribution in [0.5, 0.6) is 5.75 Å². The molecule has 0 saturated carbocycles. The molecular formula is C20H23ClN2O2. The van der Waals surface area contributed by atoms with Crippen molar-refractivity contribution in [2.45, 2.75) is 25.4 Å². The van der Waals surface area contributed by atoms with Gasteiger partial charge in [-0.3, -0.25) is 9.69 Å². The standard InChI is InChI=1S/C20H23ClN2O2/c1-25-17-10-8-15(9-11-17)19-7-4-12-23(19)14-20(24)22-13-16-5-2-3-6-18(16)21/h2-3,5-6,8-11,19H,4,7,12-14H2,1H3,(H,22,24). The molecule has 1 fully saturated rings. The summed E-state index contributed by atoms with van der Waals surface area (Å²) >= 11 is 6.13. The van der Waals surface area contributed by atoms with Crippen LogP contribution in [0.2, 0.25) is 5.02 Å². The fourth-order valence-corrected chi connectivity index (χ4v) is 3.50. The molecule has 2 aromatic carbocycles. The highest BCUT2D eigenvalue weighted by Gasteiger charge is 2.27. The Bertz CT molecular complexity index is 718. The van der Waals surface area contributed by atoms with E-state index in [1.807, 2.05) is 36.4 Å². The summed E-state index contributed by atoms with van der Waals surface area (Å²) in [4.78, 5) is 14.6. The number of rotatable bonds is 6. The highest BCUT2D eigenvalue weighted by molar-refractivity contribution is 6.31. The third-order valence-corrected chi connectivity index (χ3v) is 5.01. The molecule has 0 spiro atoms. The molecule has 2 aromatic rings. The zero-order valence-corrected chi connectivity index (χ0v) is 15.1. The van der Waals surface area contributed by atoms with E-state index in [0.717, 1.165) is 30.7 Å². The molecule has 5 heteroatoms. The zero-order valence-electron chi connectivity index (χ0n) is 14.4. The Labute approximate surface area is 153 Å². The molecule has 0 aromatic heterocycles. The topological polar surface area (TPSA) is 41.6 Å². The Balaban J connectivity index is 1.57. The molecule has 0 bridgehead atoms. The van der Waals surface area contributed by atoms with Gasteiger partial charge in [0, 0.05) is 17.6 Å². The third-order valence-electron chi connectivity index (χ3n) is 4.64. The highest BCUT2D eigenvalue weighted by Crippen LogP contribution is 2.32. The average molecular weight is 359 g/mol. The minimum atomic E-state index is 0.0281. The van der Waals surface area contributed by atoms with Crippen molar-refractivity contribution in [1.29, 1.82) is 0 Å². The van der Waals surface area contributed by atoms with Crippen LogP contribution in [-0.4, -0.2) is 31.0 Å². The number of nitrogens with zero attached hydrogens (tertiary/aromatic N) is 1. The van der Waals surface area contributed by atoms with Crippen LogP contribution in [0.25, 0.3) is 0 Å². The first-order valence-corrected chi connectivity index (χ1v) is 8.93. The van der Waals surface area contributed by atoms with Gasteiger partial charge in [0.05, 0.1) is 13.7 Å². The largest absolute Gasteiger partial charge is 0.497 e. The van der Waals surface area contributed by atoms with Gasteiger partial charge in [-0.15, -0.1) is 0 Å². The number of hydrogen-bond donors (Lipinski definition) is 1. The molecule has 1 aliphatic rings. The number of ether oxygens (including phenoxy) is 1. The van der Waals surface area contributed by atoms with E-state index in [9.17, 15) is 4.79 Å². The SMILES string of the molecule is COc1ccc(C2CCCN2CC(=O)NCc2ccccc2Cl)cc1. The van der Waals surface area contributed by atoms with Gasteiger partial charge in [-0.25, -0.2) is 0 Å². The average Bonchev–Trinajstić information content (AvgIpc) is 3.09. The highest BCUT2D eigenvalue weighted by atomic mass is 35.5. The predicted molar refractivity (Wildman–Crippen MR) is 99.8 cm³/mol. The number of amides is 1. The summed E-state index contributed by atoms with van der Waals surface area (Å²) in [5.74, 6) is 0.881. The molecule has 132 valence electrons. The summed E-state index contributed by atoms with van der Waals surface area (Å²) in [6.45, 7) is 1.80. The second-order valence-electron chi connectivity index (χ2n) is 6.27. The maximum atomic E-state index is 12.3. The quantitative estimate of drug-likeness (QED) is 0.853.